The highest BCUT2D eigenvalue weighted by atomic mass is 35.5. The van der Waals surface area contributed by atoms with Gasteiger partial charge in [-0.1, -0.05) is 23.7 Å². The van der Waals surface area contributed by atoms with Gasteiger partial charge < -0.3 is 4.74 Å². The Morgan fingerprint density at radius 1 is 0.957 bits per heavy atom. The molecule has 0 bridgehead atoms. The maximum atomic E-state index is 14.1. The second kappa shape index (κ2) is 6.34. The molecule has 0 saturated heterocycles. The monoisotopic (exact) mass is 331 g/mol. The molecule has 116 valence electrons. The molecule has 5 heteroatoms. The van der Waals surface area contributed by atoms with Gasteiger partial charge in [-0.3, -0.25) is 0 Å². The van der Waals surface area contributed by atoms with Crippen LogP contribution in [-0.4, -0.2) is 12.1 Å². The molecule has 0 atom stereocenters. The predicted octanol–water partition coefficient (Wildman–Crippen LogP) is 5.36. The van der Waals surface area contributed by atoms with Crippen LogP contribution in [0.15, 0.2) is 54.7 Å². The summed E-state index contributed by atoms with van der Waals surface area (Å²) < 4.78 is 33.0. The molecule has 0 unspecified atom stereocenters. The third-order valence-electron chi connectivity index (χ3n) is 3.43. The minimum absolute atomic E-state index is 0.444. The Labute approximate surface area is 137 Å². The summed E-state index contributed by atoms with van der Waals surface area (Å²) in [4.78, 5) is 3.52. The second-order valence-electron chi connectivity index (χ2n) is 4.91. The van der Waals surface area contributed by atoms with Crippen molar-refractivity contribution in [3.63, 3.8) is 0 Å². The highest BCUT2D eigenvalue weighted by molar-refractivity contribution is 6.30. The third kappa shape index (κ3) is 3.17. The van der Waals surface area contributed by atoms with Gasteiger partial charge in [0.15, 0.2) is 0 Å². The molecule has 0 fully saturated rings. The topological polar surface area (TPSA) is 22.1 Å². The fourth-order valence-electron chi connectivity index (χ4n) is 2.47. The van der Waals surface area contributed by atoms with Crippen LogP contribution in [0, 0.1) is 11.8 Å². The fraction of sp³-hybridized carbons (Fsp3) is 0.0556. The first kappa shape index (κ1) is 15.4. The summed E-state index contributed by atoms with van der Waals surface area (Å²) in [7, 11) is 1.49. The van der Waals surface area contributed by atoms with Gasteiger partial charge >= 0.3 is 0 Å². The van der Waals surface area contributed by atoms with Gasteiger partial charge in [-0.15, -0.1) is 0 Å². The number of hydrogen-bond acceptors (Lipinski definition) is 2. The van der Waals surface area contributed by atoms with E-state index in [4.69, 9.17) is 16.3 Å². The second-order valence-corrected chi connectivity index (χ2v) is 5.35. The number of pyridine rings is 1. The zero-order valence-corrected chi connectivity index (χ0v) is 12.9. The molecule has 0 aliphatic heterocycles. The van der Waals surface area contributed by atoms with Crippen LogP contribution in [0.5, 0.6) is 5.75 Å². The number of ether oxygens (including phenoxy) is 1. The van der Waals surface area contributed by atoms with E-state index in [1.807, 2.05) is 0 Å². The Morgan fingerprint density at radius 3 is 2.26 bits per heavy atom. The molecule has 0 spiro atoms. The summed E-state index contributed by atoms with van der Waals surface area (Å²) >= 11 is 6.02. The van der Waals surface area contributed by atoms with Gasteiger partial charge in [0.1, 0.15) is 11.6 Å². The van der Waals surface area contributed by atoms with Gasteiger partial charge in [0.25, 0.3) is 0 Å². The van der Waals surface area contributed by atoms with Crippen molar-refractivity contribution in [2.75, 3.05) is 7.11 Å². The number of hydrogen-bond donors (Lipinski definition) is 0. The predicted molar refractivity (Wildman–Crippen MR) is 86.6 cm³/mol. The first-order chi connectivity index (χ1) is 11.1. The highest BCUT2D eigenvalue weighted by Gasteiger charge is 2.16. The van der Waals surface area contributed by atoms with E-state index in [9.17, 15) is 8.78 Å². The van der Waals surface area contributed by atoms with Crippen molar-refractivity contribution < 1.29 is 13.5 Å². The molecule has 2 aromatic carbocycles. The molecule has 0 N–H and O–H groups in total. The first-order valence-electron chi connectivity index (χ1n) is 6.84. The van der Waals surface area contributed by atoms with E-state index in [1.165, 1.54) is 31.5 Å². The molecular weight excluding hydrogens is 320 g/mol. The van der Waals surface area contributed by atoms with Crippen molar-refractivity contribution in [3.05, 3.63) is 71.5 Å². The lowest BCUT2D eigenvalue weighted by Crippen LogP contribution is -1.95. The largest absolute Gasteiger partial charge is 0.495 e. The summed E-state index contributed by atoms with van der Waals surface area (Å²) in [6.07, 6.45) is 1.33. The van der Waals surface area contributed by atoms with Crippen molar-refractivity contribution in [2.45, 2.75) is 0 Å². The summed E-state index contributed by atoms with van der Waals surface area (Å²) in [6.45, 7) is 0. The Balaban J connectivity index is 2.26. The van der Waals surface area contributed by atoms with Crippen LogP contribution >= 0.6 is 11.6 Å². The van der Waals surface area contributed by atoms with Gasteiger partial charge in [-0.2, -0.15) is 4.39 Å². The molecular formula is C18H12ClF2NO. The van der Waals surface area contributed by atoms with Gasteiger partial charge in [0.05, 0.1) is 7.11 Å². The number of rotatable bonds is 3. The standard InChI is InChI=1S/C18H12ClF2NO/c1-23-18-15(11-3-2-4-13(19)7-11)9-14(20)10-16(18)12-5-6-22-17(21)8-12/h2-10H,1H3. The Bertz CT molecular complexity index is 801. The molecule has 0 radical (unpaired) electrons. The summed E-state index contributed by atoms with van der Waals surface area (Å²) in [5.41, 5.74) is 2.19. The van der Waals surface area contributed by atoms with E-state index < -0.39 is 11.8 Å². The van der Waals surface area contributed by atoms with Crippen molar-refractivity contribution >= 4 is 11.6 Å². The molecule has 0 saturated carbocycles. The smallest absolute Gasteiger partial charge is 0.213 e. The molecule has 3 aromatic rings. The summed E-state index contributed by atoms with van der Waals surface area (Å²) in [5.74, 6) is -0.648. The van der Waals surface area contributed by atoms with Crippen LogP contribution in [0.25, 0.3) is 22.3 Å². The molecule has 2 nitrogen and oxygen atoms in total. The van der Waals surface area contributed by atoms with E-state index >= 15 is 0 Å². The zero-order valence-electron chi connectivity index (χ0n) is 12.2. The van der Waals surface area contributed by atoms with E-state index in [0.29, 0.717) is 33.0 Å². The van der Waals surface area contributed by atoms with Crippen molar-refractivity contribution in [1.82, 2.24) is 4.98 Å². The van der Waals surface area contributed by atoms with Crippen molar-refractivity contribution in [3.8, 4) is 28.0 Å². The van der Waals surface area contributed by atoms with Crippen LogP contribution in [0.4, 0.5) is 8.78 Å². The molecule has 23 heavy (non-hydrogen) atoms. The average Bonchev–Trinajstić information content (AvgIpc) is 2.54. The maximum absolute atomic E-state index is 14.1. The summed E-state index contributed by atoms with van der Waals surface area (Å²) in [5, 5.41) is 0.533. The number of aromatic nitrogens is 1. The molecule has 0 aliphatic carbocycles. The number of halogens is 3. The SMILES string of the molecule is COc1c(-c2cccc(Cl)c2)cc(F)cc1-c1ccnc(F)c1. The minimum Gasteiger partial charge on any atom is -0.495 e. The Hall–Kier alpha value is -2.46. The van der Waals surface area contributed by atoms with Crippen LogP contribution in [0.2, 0.25) is 5.02 Å². The van der Waals surface area contributed by atoms with E-state index in [-0.39, 0.29) is 0 Å². The lowest BCUT2D eigenvalue weighted by molar-refractivity contribution is 0.417. The van der Waals surface area contributed by atoms with Crippen LogP contribution in [0.3, 0.4) is 0 Å². The fourth-order valence-corrected chi connectivity index (χ4v) is 2.66. The first-order valence-corrected chi connectivity index (χ1v) is 7.21. The van der Waals surface area contributed by atoms with Gasteiger partial charge in [-0.25, -0.2) is 9.37 Å². The van der Waals surface area contributed by atoms with Crippen LogP contribution < -0.4 is 4.74 Å². The van der Waals surface area contributed by atoms with Gasteiger partial charge in [-0.05, 0) is 41.5 Å². The minimum atomic E-state index is -0.641. The Kier molecular flexibility index (Phi) is 4.26. The van der Waals surface area contributed by atoms with Crippen LogP contribution in [-0.2, 0) is 0 Å². The van der Waals surface area contributed by atoms with Gasteiger partial charge in [0.2, 0.25) is 5.95 Å². The lowest BCUT2D eigenvalue weighted by Gasteiger charge is -2.15. The average molecular weight is 332 g/mol. The lowest BCUT2D eigenvalue weighted by atomic mass is 9.97. The van der Waals surface area contributed by atoms with Crippen molar-refractivity contribution in [1.29, 1.82) is 0 Å². The molecule has 1 aromatic heterocycles. The van der Waals surface area contributed by atoms with Crippen LogP contribution in [0.1, 0.15) is 0 Å². The number of methoxy groups -OCH3 is 1. The zero-order chi connectivity index (χ0) is 16.4. The molecule has 1 heterocycles. The third-order valence-corrected chi connectivity index (χ3v) is 3.67. The normalized spacial score (nSPS) is 10.6. The molecule has 0 amide bonds. The summed E-state index contributed by atoms with van der Waals surface area (Å²) in [6, 6.07) is 12.5. The number of nitrogens with zero attached hydrogens (tertiary/aromatic N) is 1. The van der Waals surface area contributed by atoms with Crippen molar-refractivity contribution in [2.24, 2.45) is 0 Å². The Morgan fingerprint density at radius 2 is 1.65 bits per heavy atom. The molecule has 3 rings (SSSR count). The van der Waals surface area contributed by atoms with E-state index in [0.717, 1.165) is 0 Å². The van der Waals surface area contributed by atoms with E-state index in [1.54, 1.807) is 30.3 Å². The van der Waals surface area contributed by atoms with E-state index in [2.05, 4.69) is 4.98 Å². The number of benzene rings is 2. The maximum Gasteiger partial charge on any atom is 0.213 e. The van der Waals surface area contributed by atoms with Gasteiger partial charge in [0, 0.05) is 28.4 Å². The highest BCUT2D eigenvalue weighted by Crippen LogP contribution is 2.40. The molecule has 0 aliphatic rings. The quantitative estimate of drug-likeness (QED) is 0.603.